The van der Waals surface area contributed by atoms with Crippen LogP contribution in [-0.4, -0.2) is 37.8 Å². The monoisotopic (exact) mass is 380 g/mol. The van der Waals surface area contributed by atoms with Gasteiger partial charge in [0.1, 0.15) is 0 Å². The van der Waals surface area contributed by atoms with Gasteiger partial charge in [0, 0.05) is 35.7 Å². The molecule has 1 aliphatic carbocycles. The first-order valence-corrected chi connectivity index (χ1v) is 9.47. The summed E-state index contributed by atoms with van der Waals surface area (Å²) in [6.07, 6.45) is 7.63. The number of aromatic carboxylic acids is 1. The molecule has 0 amide bonds. The first kappa shape index (κ1) is 18.2. The second kappa shape index (κ2) is 7.47. The zero-order valence-electron chi connectivity index (χ0n) is 15.7. The van der Waals surface area contributed by atoms with E-state index < -0.39 is 5.97 Å². The second-order valence-electron chi connectivity index (χ2n) is 7.31. The van der Waals surface area contributed by atoms with Crippen molar-refractivity contribution in [1.82, 2.24) is 14.6 Å². The van der Waals surface area contributed by atoms with E-state index in [-0.39, 0.29) is 5.56 Å². The lowest BCUT2D eigenvalue weighted by atomic mass is 9.92. The number of nitrogens with two attached hydrogens (primary N) is 1. The lowest BCUT2D eigenvalue weighted by molar-refractivity contribution is 0.0697. The van der Waals surface area contributed by atoms with Crippen LogP contribution in [0.1, 0.15) is 41.6 Å². The van der Waals surface area contributed by atoms with Crippen LogP contribution in [0.15, 0.2) is 36.7 Å². The fraction of sp³-hybridized carbons (Fsp3) is 0.350. The Hall–Kier alpha value is -3.13. The van der Waals surface area contributed by atoms with E-state index in [1.165, 1.54) is 0 Å². The van der Waals surface area contributed by atoms with Crippen LogP contribution < -0.4 is 16.4 Å². The number of hydrogen-bond acceptors (Lipinski definition) is 6. The summed E-state index contributed by atoms with van der Waals surface area (Å²) < 4.78 is 1.75. The third kappa shape index (κ3) is 3.63. The van der Waals surface area contributed by atoms with Gasteiger partial charge in [-0.25, -0.2) is 14.3 Å². The minimum Gasteiger partial charge on any atom is -0.478 e. The van der Waals surface area contributed by atoms with Crippen molar-refractivity contribution in [3.8, 4) is 0 Å². The van der Waals surface area contributed by atoms with E-state index >= 15 is 0 Å². The number of hydrogen-bond donors (Lipinski definition) is 4. The quantitative estimate of drug-likeness (QED) is 0.537. The number of carboxylic acids is 1. The van der Waals surface area contributed by atoms with Crippen molar-refractivity contribution >= 4 is 28.8 Å². The Morgan fingerprint density at radius 2 is 1.93 bits per heavy atom. The van der Waals surface area contributed by atoms with Gasteiger partial charge in [0.15, 0.2) is 11.5 Å². The normalized spacial score (nSPS) is 19.5. The van der Waals surface area contributed by atoms with Crippen LogP contribution >= 0.6 is 0 Å². The molecule has 146 valence electrons. The van der Waals surface area contributed by atoms with Crippen LogP contribution in [-0.2, 0) is 0 Å². The fourth-order valence-electron chi connectivity index (χ4n) is 3.61. The first-order valence-electron chi connectivity index (χ1n) is 9.47. The summed E-state index contributed by atoms with van der Waals surface area (Å²) in [7, 11) is 0. The minimum absolute atomic E-state index is 0.251. The average molecular weight is 380 g/mol. The van der Waals surface area contributed by atoms with Crippen LogP contribution in [0.4, 0.5) is 17.2 Å². The van der Waals surface area contributed by atoms with Crippen LogP contribution in [0.25, 0.3) is 5.65 Å². The van der Waals surface area contributed by atoms with Gasteiger partial charge >= 0.3 is 5.97 Å². The fourth-order valence-corrected chi connectivity index (χ4v) is 3.61. The molecule has 28 heavy (non-hydrogen) atoms. The molecule has 3 aromatic rings. The minimum atomic E-state index is -0.944. The van der Waals surface area contributed by atoms with Crippen LogP contribution in [0.2, 0.25) is 0 Å². The molecule has 2 aromatic heterocycles. The number of imidazole rings is 1. The van der Waals surface area contributed by atoms with Gasteiger partial charge in [0.2, 0.25) is 0 Å². The smallest absolute Gasteiger partial charge is 0.335 e. The predicted molar refractivity (Wildman–Crippen MR) is 108 cm³/mol. The topological polar surface area (TPSA) is 118 Å². The number of benzene rings is 1. The molecule has 1 saturated carbocycles. The molecule has 1 aliphatic rings. The van der Waals surface area contributed by atoms with Crippen LogP contribution in [0.5, 0.6) is 0 Å². The number of carbonyl (C=O) groups is 1. The third-order valence-corrected chi connectivity index (χ3v) is 5.30. The molecule has 1 fully saturated rings. The summed E-state index contributed by atoms with van der Waals surface area (Å²) in [5.41, 5.74) is 9.59. The molecule has 2 heterocycles. The average Bonchev–Trinajstić information content (AvgIpc) is 3.15. The van der Waals surface area contributed by atoms with Crippen molar-refractivity contribution in [2.75, 3.05) is 10.6 Å². The van der Waals surface area contributed by atoms with E-state index in [4.69, 9.17) is 10.8 Å². The molecule has 5 N–H and O–H groups in total. The number of anilines is 3. The molecule has 8 nitrogen and oxygen atoms in total. The molecule has 4 rings (SSSR count). The second-order valence-corrected chi connectivity index (χ2v) is 7.31. The maximum absolute atomic E-state index is 11.1. The van der Waals surface area contributed by atoms with Gasteiger partial charge in [-0.15, -0.1) is 5.10 Å². The summed E-state index contributed by atoms with van der Waals surface area (Å²) in [6, 6.07) is 7.31. The van der Waals surface area contributed by atoms with E-state index in [9.17, 15) is 4.79 Å². The number of rotatable bonds is 5. The molecule has 0 atom stereocenters. The number of fused-ring (bicyclic) bond motifs is 1. The lowest BCUT2D eigenvalue weighted by Gasteiger charge is -2.28. The summed E-state index contributed by atoms with van der Waals surface area (Å²) in [5, 5.41) is 20.7. The SMILES string of the molecule is Cc1c(NC2CCC(N)CC2)nn2ccnc2c1Nc1ccc(C(=O)O)cc1. The highest BCUT2D eigenvalue weighted by Crippen LogP contribution is 2.30. The maximum atomic E-state index is 11.1. The van der Waals surface area contributed by atoms with Crippen molar-refractivity contribution in [3.05, 3.63) is 47.8 Å². The molecule has 0 aliphatic heterocycles. The highest BCUT2D eigenvalue weighted by molar-refractivity contribution is 5.88. The van der Waals surface area contributed by atoms with Gasteiger partial charge in [-0.1, -0.05) is 0 Å². The van der Waals surface area contributed by atoms with Gasteiger partial charge in [-0.2, -0.15) is 0 Å². The maximum Gasteiger partial charge on any atom is 0.335 e. The van der Waals surface area contributed by atoms with Crippen molar-refractivity contribution in [3.63, 3.8) is 0 Å². The van der Waals surface area contributed by atoms with Crippen molar-refractivity contribution < 1.29 is 9.90 Å². The molecule has 0 bridgehead atoms. The van der Waals surface area contributed by atoms with Crippen molar-refractivity contribution in [2.24, 2.45) is 5.73 Å². The van der Waals surface area contributed by atoms with Crippen molar-refractivity contribution in [1.29, 1.82) is 0 Å². The van der Waals surface area contributed by atoms with E-state index in [1.807, 2.05) is 13.1 Å². The summed E-state index contributed by atoms with van der Waals surface area (Å²) in [4.78, 5) is 15.5. The Bertz CT molecular complexity index is 990. The third-order valence-electron chi connectivity index (χ3n) is 5.30. The largest absolute Gasteiger partial charge is 0.478 e. The standard InChI is InChI=1S/C20H24N6O2/c1-12-17(23-15-6-2-13(3-7-15)20(27)28)19-22-10-11-26(19)25-18(12)24-16-8-4-14(21)5-9-16/h2-3,6-7,10-11,14,16,23H,4-5,8-9,21H2,1H3,(H,24,25)(H,27,28). The molecule has 0 unspecified atom stereocenters. The molecule has 1 aromatic carbocycles. The molecule has 0 spiro atoms. The van der Waals surface area contributed by atoms with Gasteiger partial charge in [-0.05, 0) is 56.9 Å². The number of nitrogens with one attached hydrogen (secondary N) is 2. The number of nitrogens with zero attached hydrogens (tertiary/aromatic N) is 3. The van der Waals surface area contributed by atoms with E-state index in [1.54, 1.807) is 35.0 Å². The molecule has 8 heteroatoms. The zero-order valence-corrected chi connectivity index (χ0v) is 15.7. The Kier molecular flexibility index (Phi) is 4.87. The predicted octanol–water partition coefficient (Wildman–Crippen LogP) is 3.16. The highest BCUT2D eigenvalue weighted by Gasteiger charge is 2.21. The molecule has 0 saturated heterocycles. The number of aromatic nitrogens is 3. The van der Waals surface area contributed by atoms with Gasteiger partial charge < -0.3 is 21.5 Å². The Balaban J connectivity index is 1.64. The van der Waals surface area contributed by atoms with Crippen molar-refractivity contribution in [2.45, 2.75) is 44.7 Å². The summed E-state index contributed by atoms with van der Waals surface area (Å²) in [6.45, 7) is 2.01. The first-order chi connectivity index (χ1) is 13.5. The molecular weight excluding hydrogens is 356 g/mol. The lowest BCUT2D eigenvalue weighted by Crippen LogP contribution is -2.33. The van der Waals surface area contributed by atoms with E-state index in [0.717, 1.165) is 54.1 Å². The highest BCUT2D eigenvalue weighted by atomic mass is 16.4. The van der Waals surface area contributed by atoms with Gasteiger partial charge in [0.05, 0.1) is 11.3 Å². The Morgan fingerprint density at radius 3 is 2.61 bits per heavy atom. The molecular formula is C20H24N6O2. The van der Waals surface area contributed by atoms with E-state index in [0.29, 0.717) is 12.1 Å². The van der Waals surface area contributed by atoms with Gasteiger partial charge in [0.25, 0.3) is 0 Å². The Labute approximate surface area is 162 Å². The molecule has 0 radical (unpaired) electrons. The van der Waals surface area contributed by atoms with Crippen LogP contribution in [0, 0.1) is 6.92 Å². The summed E-state index contributed by atoms with van der Waals surface area (Å²) in [5.74, 6) is -0.128. The van der Waals surface area contributed by atoms with Gasteiger partial charge in [-0.3, -0.25) is 0 Å². The number of carboxylic acid groups (broad SMARTS) is 1. The zero-order chi connectivity index (χ0) is 19.7. The van der Waals surface area contributed by atoms with E-state index in [2.05, 4.69) is 20.7 Å². The summed E-state index contributed by atoms with van der Waals surface area (Å²) >= 11 is 0. The Morgan fingerprint density at radius 1 is 1.21 bits per heavy atom. The van der Waals surface area contributed by atoms with Crippen LogP contribution in [0.3, 0.4) is 0 Å².